The number of hydrogen-bond acceptors (Lipinski definition) is 4. The van der Waals surface area contributed by atoms with Gasteiger partial charge in [-0.3, -0.25) is 4.79 Å². The quantitative estimate of drug-likeness (QED) is 0.770. The van der Waals surface area contributed by atoms with Crippen molar-refractivity contribution in [1.82, 2.24) is 14.6 Å². The van der Waals surface area contributed by atoms with Crippen molar-refractivity contribution in [2.24, 2.45) is 0 Å². The first-order valence-corrected chi connectivity index (χ1v) is 4.56. The Bertz CT molecular complexity index is 459. The molecular formula is C7H7N3O2S. The average molecular weight is 197 g/mol. The molecule has 5 nitrogen and oxygen atoms in total. The summed E-state index contributed by atoms with van der Waals surface area (Å²) in [4.78, 5) is 15.3. The fourth-order valence-electron chi connectivity index (χ4n) is 1.10. The molecule has 0 saturated heterocycles. The van der Waals surface area contributed by atoms with E-state index in [0.717, 1.165) is 4.96 Å². The normalized spacial score (nSPS) is 10.8. The lowest BCUT2D eigenvalue weighted by Crippen LogP contribution is -2.03. The number of carboxylic acids is 1. The van der Waals surface area contributed by atoms with Crippen LogP contribution in [0.2, 0.25) is 0 Å². The van der Waals surface area contributed by atoms with E-state index >= 15 is 0 Å². The summed E-state index contributed by atoms with van der Waals surface area (Å²) in [6.45, 7) is 1.78. The van der Waals surface area contributed by atoms with Crippen LogP contribution < -0.4 is 0 Å². The van der Waals surface area contributed by atoms with Crippen molar-refractivity contribution < 1.29 is 9.90 Å². The molecule has 2 rings (SSSR count). The molecule has 0 aliphatic heterocycles. The zero-order chi connectivity index (χ0) is 9.42. The molecule has 0 atom stereocenters. The van der Waals surface area contributed by atoms with Crippen molar-refractivity contribution in [3.8, 4) is 0 Å². The summed E-state index contributed by atoms with van der Waals surface area (Å²) in [5.74, 6) is -0.189. The van der Waals surface area contributed by atoms with Crippen LogP contribution in [-0.4, -0.2) is 25.7 Å². The third-order valence-corrected chi connectivity index (χ3v) is 2.45. The van der Waals surface area contributed by atoms with Crippen LogP contribution in [0.25, 0.3) is 4.96 Å². The van der Waals surface area contributed by atoms with Crippen molar-refractivity contribution in [3.05, 3.63) is 16.9 Å². The summed E-state index contributed by atoms with van der Waals surface area (Å²) in [5.41, 5.74) is 0.674. The molecule has 0 aromatic carbocycles. The van der Waals surface area contributed by atoms with Crippen molar-refractivity contribution in [2.75, 3.05) is 0 Å². The van der Waals surface area contributed by atoms with Gasteiger partial charge in [0.1, 0.15) is 5.82 Å². The summed E-state index contributed by atoms with van der Waals surface area (Å²) >= 11 is 1.40. The van der Waals surface area contributed by atoms with Gasteiger partial charge >= 0.3 is 5.97 Å². The van der Waals surface area contributed by atoms with Crippen molar-refractivity contribution >= 4 is 22.3 Å². The van der Waals surface area contributed by atoms with Gasteiger partial charge in [-0.2, -0.15) is 5.10 Å². The highest BCUT2D eigenvalue weighted by Crippen LogP contribution is 2.14. The molecule has 0 saturated carbocycles. The van der Waals surface area contributed by atoms with Crippen LogP contribution >= 0.6 is 11.3 Å². The van der Waals surface area contributed by atoms with E-state index in [-0.39, 0.29) is 6.42 Å². The van der Waals surface area contributed by atoms with Crippen LogP contribution in [0.5, 0.6) is 0 Å². The lowest BCUT2D eigenvalue weighted by atomic mass is 10.3. The predicted octanol–water partition coefficient (Wildman–Crippen LogP) is 0.726. The molecule has 0 aliphatic rings. The number of aromatic nitrogens is 3. The first-order valence-electron chi connectivity index (χ1n) is 3.68. The van der Waals surface area contributed by atoms with Gasteiger partial charge < -0.3 is 5.11 Å². The first kappa shape index (κ1) is 8.18. The van der Waals surface area contributed by atoms with Crippen molar-refractivity contribution in [3.63, 3.8) is 0 Å². The number of rotatable bonds is 2. The molecule has 13 heavy (non-hydrogen) atoms. The zero-order valence-electron chi connectivity index (χ0n) is 6.89. The number of carboxylic acid groups (broad SMARTS) is 1. The number of fused-ring (bicyclic) bond motifs is 1. The largest absolute Gasteiger partial charge is 0.481 e. The Morgan fingerprint density at radius 2 is 2.54 bits per heavy atom. The third-order valence-electron chi connectivity index (χ3n) is 1.59. The summed E-state index contributed by atoms with van der Waals surface area (Å²) in [5, 5.41) is 14.4. The lowest BCUT2D eigenvalue weighted by molar-refractivity contribution is -0.136. The molecule has 68 valence electrons. The second-order valence-electron chi connectivity index (χ2n) is 2.65. The Balaban J connectivity index is 2.50. The topological polar surface area (TPSA) is 67.5 Å². The van der Waals surface area contributed by atoms with Crippen LogP contribution in [0.1, 0.15) is 11.5 Å². The van der Waals surface area contributed by atoms with Crippen LogP contribution in [0.4, 0.5) is 0 Å². The molecule has 6 heteroatoms. The van der Waals surface area contributed by atoms with Gasteiger partial charge in [0.2, 0.25) is 4.96 Å². The molecule has 1 N–H and O–H groups in total. The smallest absolute Gasteiger partial charge is 0.309 e. The molecule has 2 aromatic rings. The third kappa shape index (κ3) is 1.40. The Hall–Kier alpha value is -1.43. The van der Waals surface area contributed by atoms with E-state index in [4.69, 9.17) is 5.11 Å². The maximum absolute atomic E-state index is 10.5. The van der Waals surface area contributed by atoms with Crippen LogP contribution in [-0.2, 0) is 11.2 Å². The standard InChI is InChI=1S/C7H7N3O2S/c1-4-8-7-10(9-4)5(3-13-7)2-6(11)12/h3H,2H2,1H3,(H,11,12). The Labute approximate surface area is 77.6 Å². The molecule has 2 heterocycles. The Morgan fingerprint density at radius 1 is 1.77 bits per heavy atom. The van der Waals surface area contributed by atoms with E-state index in [9.17, 15) is 4.79 Å². The second kappa shape index (κ2) is 2.81. The monoisotopic (exact) mass is 197 g/mol. The maximum atomic E-state index is 10.5. The number of carbonyl (C=O) groups is 1. The van der Waals surface area contributed by atoms with Gasteiger partial charge in [-0.1, -0.05) is 0 Å². The van der Waals surface area contributed by atoms with Gasteiger partial charge in [-0.25, -0.2) is 9.50 Å². The van der Waals surface area contributed by atoms with E-state index in [1.165, 1.54) is 11.3 Å². The SMILES string of the molecule is Cc1nc2scc(CC(=O)O)n2n1. The van der Waals surface area contributed by atoms with Crippen molar-refractivity contribution in [2.45, 2.75) is 13.3 Å². The predicted molar refractivity (Wildman–Crippen MR) is 46.9 cm³/mol. The van der Waals surface area contributed by atoms with E-state index in [1.807, 2.05) is 0 Å². The van der Waals surface area contributed by atoms with Gasteiger partial charge in [0.25, 0.3) is 0 Å². The van der Waals surface area contributed by atoms with E-state index in [2.05, 4.69) is 10.1 Å². The Morgan fingerprint density at radius 3 is 3.23 bits per heavy atom. The number of aryl methyl sites for hydroxylation is 1. The average Bonchev–Trinajstić information content (AvgIpc) is 2.51. The zero-order valence-corrected chi connectivity index (χ0v) is 7.71. The maximum Gasteiger partial charge on any atom is 0.309 e. The molecule has 0 bridgehead atoms. The van der Waals surface area contributed by atoms with E-state index in [0.29, 0.717) is 11.5 Å². The summed E-state index contributed by atoms with van der Waals surface area (Å²) < 4.78 is 1.58. The first-order chi connectivity index (χ1) is 6.16. The molecule has 0 aliphatic carbocycles. The van der Waals surface area contributed by atoms with Gasteiger partial charge in [-0.15, -0.1) is 11.3 Å². The summed E-state index contributed by atoms with van der Waals surface area (Å²) in [7, 11) is 0. The minimum atomic E-state index is -0.854. The highest BCUT2D eigenvalue weighted by atomic mass is 32.1. The molecular weight excluding hydrogens is 190 g/mol. The molecule has 0 spiro atoms. The summed E-state index contributed by atoms with van der Waals surface area (Å²) in [6.07, 6.45) is -0.0111. The number of aliphatic carboxylic acids is 1. The minimum Gasteiger partial charge on any atom is -0.481 e. The Kier molecular flexibility index (Phi) is 1.77. The highest BCUT2D eigenvalue weighted by Gasteiger charge is 2.09. The van der Waals surface area contributed by atoms with Crippen LogP contribution in [0, 0.1) is 6.92 Å². The number of nitrogens with zero attached hydrogens (tertiary/aromatic N) is 3. The second-order valence-corrected chi connectivity index (χ2v) is 3.49. The number of hydrogen-bond donors (Lipinski definition) is 1. The molecule has 0 amide bonds. The van der Waals surface area contributed by atoms with Gasteiger partial charge in [-0.05, 0) is 6.92 Å². The van der Waals surface area contributed by atoms with E-state index in [1.54, 1.807) is 16.8 Å². The summed E-state index contributed by atoms with van der Waals surface area (Å²) in [6, 6.07) is 0. The molecule has 2 aromatic heterocycles. The minimum absolute atomic E-state index is 0.0111. The highest BCUT2D eigenvalue weighted by molar-refractivity contribution is 7.15. The van der Waals surface area contributed by atoms with Crippen molar-refractivity contribution in [1.29, 1.82) is 0 Å². The van der Waals surface area contributed by atoms with Crippen LogP contribution in [0.15, 0.2) is 5.38 Å². The fourth-order valence-corrected chi connectivity index (χ4v) is 1.97. The van der Waals surface area contributed by atoms with Crippen LogP contribution in [0.3, 0.4) is 0 Å². The molecule has 0 unspecified atom stereocenters. The molecule has 0 fully saturated rings. The van der Waals surface area contributed by atoms with Gasteiger partial charge in [0.15, 0.2) is 0 Å². The molecule has 0 radical (unpaired) electrons. The number of thiazole rings is 1. The van der Waals surface area contributed by atoms with E-state index < -0.39 is 5.97 Å². The van der Waals surface area contributed by atoms with Gasteiger partial charge in [0.05, 0.1) is 12.1 Å². The lowest BCUT2D eigenvalue weighted by Gasteiger charge is -1.90. The fraction of sp³-hybridized carbons (Fsp3) is 0.286. The van der Waals surface area contributed by atoms with Gasteiger partial charge in [0, 0.05) is 5.38 Å².